The molecule has 1 fully saturated rings. The van der Waals surface area contributed by atoms with Gasteiger partial charge in [-0.25, -0.2) is 9.59 Å². The molecule has 0 aliphatic carbocycles. The minimum Gasteiger partial charge on any atom is -0.493 e. The van der Waals surface area contributed by atoms with E-state index in [1.165, 1.54) is 26.2 Å². The molecule has 27 heavy (non-hydrogen) atoms. The highest BCUT2D eigenvalue weighted by Crippen LogP contribution is 2.37. The first kappa shape index (κ1) is 20.8. The predicted molar refractivity (Wildman–Crippen MR) is 98.3 cm³/mol. The Bertz CT molecular complexity index is 737. The summed E-state index contributed by atoms with van der Waals surface area (Å²) < 4.78 is 16.1. The van der Waals surface area contributed by atoms with Crippen LogP contribution in [0.4, 0.5) is 4.79 Å². The standard InChI is InChI=1S/C18H23ClN2O6/c1-10(2)9-26-15-13(19)7-12(8-14(15)25-4)17(23)27-11(3)16(22)21-6-5-20-18(21)24/h7-8,10-11H,5-6,9H2,1-4H3,(H,20,24)/t11-/m1/s1. The van der Waals surface area contributed by atoms with Crippen molar-refractivity contribution in [1.82, 2.24) is 10.2 Å². The zero-order chi connectivity index (χ0) is 20.1. The van der Waals surface area contributed by atoms with Gasteiger partial charge in [0.2, 0.25) is 0 Å². The molecule has 3 amide bonds. The fourth-order valence-corrected chi connectivity index (χ4v) is 2.67. The fourth-order valence-electron chi connectivity index (χ4n) is 2.41. The SMILES string of the molecule is COc1cc(C(=O)O[C@H](C)C(=O)N2CCNC2=O)cc(Cl)c1OCC(C)C. The molecule has 148 valence electrons. The Hall–Kier alpha value is -2.48. The molecule has 1 saturated heterocycles. The van der Waals surface area contributed by atoms with E-state index in [2.05, 4.69) is 5.32 Å². The van der Waals surface area contributed by atoms with Gasteiger partial charge in [-0.3, -0.25) is 9.69 Å². The molecule has 1 heterocycles. The van der Waals surface area contributed by atoms with Gasteiger partial charge in [0.05, 0.1) is 24.3 Å². The first-order valence-corrected chi connectivity index (χ1v) is 8.92. The van der Waals surface area contributed by atoms with Gasteiger partial charge in [0.25, 0.3) is 5.91 Å². The number of methoxy groups -OCH3 is 1. The lowest BCUT2D eigenvalue weighted by Gasteiger charge is -2.19. The Morgan fingerprint density at radius 1 is 1.30 bits per heavy atom. The zero-order valence-corrected chi connectivity index (χ0v) is 16.5. The maximum Gasteiger partial charge on any atom is 0.339 e. The maximum absolute atomic E-state index is 12.4. The molecule has 2 rings (SSSR count). The summed E-state index contributed by atoms with van der Waals surface area (Å²) in [4.78, 5) is 37.2. The first-order chi connectivity index (χ1) is 12.7. The predicted octanol–water partition coefficient (Wildman–Crippen LogP) is 2.48. The average Bonchev–Trinajstić information content (AvgIpc) is 3.04. The lowest BCUT2D eigenvalue weighted by Crippen LogP contribution is -2.41. The second kappa shape index (κ2) is 8.94. The number of nitrogens with one attached hydrogen (secondary N) is 1. The summed E-state index contributed by atoms with van der Waals surface area (Å²) >= 11 is 6.22. The minimum atomic E-state index is -1.12. The van der Waals surface area contributed by atoms with Gasteiger partial charge in [-0.15, -0.1) is 0 Å². The van der Waals surface area contributed by atoms with Crippen LogP contribution >= 0.6 is 11.6 Å². The highest BCUT2D eigenvalue weighted by molar-refractivity contribution is 6.32. The Labute approximate surface area is 162 Å². The molecule has 1 N–H and O–H groups in total. The number of hydrogen-bond donors (Lipinski definition) is 1. The van der Waals surface area contributed by atoms with E-state index >= 15 is 0 Å². The molecule has 1 atom stereocenters. The van der Waals surface area contributed by atoms with E-state index < -0.39 is 24.0 Å². The van der Waals surface area contributed by atoms with Gasteiger partial charge >= 0.3 is 12.0 Å². The largest absolute Gasteiger partial charge is 0.493 e. The quantitative estimate of drug-likeness (QED) is 0.709. The number of nitrogens with zero attached hydrogens (tertiary/aromatic N) is 1. The number of benzene rings is 1. The van der Waals surface area contributed by atoms with Crippen LogP contribution in [0.15, 0.2) is 12.1 Å². The van der Waals surface area contributed by atoms with E-state index in [0.717, 1.165) is 4.90 Å². The van der Waals surface area contributed by atoms with Crippen LogP contribution in [0.25, 0.3) is 0 Å². The molecular formula is C18H23ClN2O6. The summed E-state index contributed by atoms with van der Waals surface area (Å²) in [6.45, 7) is 6.43. The number of ether oxygens (including phenoxy) is 3. The number of urea groups is 1. The molecule has 0 aromatic heterocycles. The van der Waals surface area contributed by atoms with Crippen molar-refractivity contribution in [2.75, 3.05) is 26.8 Å². The molecule has 9 heteroatoms. The molecule has 1 aromatic rings. The van der Waals surface area contributed by atoms with Crippen LogP contribution in [-0.4, -0.2) is 55.7 Å². The molecule has 0 unspecified atom stereocenters. The summed E-state index contributed by atoms with van der Waals surface area (Å²) in [6.07, 6.45) is -1.12. The van der Waals surface area contributed by atoms with Crippen LogP contribution in [0, 0.1) is 5.92 Å². The molecule has 0 bridgehead atoms. The van der Waals surface area contributed by atoms with Crippen LogP contribution in [0.1, 0.15) is 31.1 Å². The van der Waals surface area contributed by atoms with Gasteiger partial charge in [0, 0.05) is 13.1 Å². The fraction of sp³-hybridized carbons (Fsp3) is 0.500. The van der Waals surface area contributed by atoms with E-state index in [9.17, 15) is 14.4 Å². The third kappa shape index (κ3) is 5.03. The van der Waals surface area contributed by atoms with Gasteiger partial charge in [-0.2, -0.15) is 0 Å². The summed E-state index contributed by atoms with van der Waals surface area (Å²) in [5.41, 5.74) is 0.110. The minimum absolute atomic E-state index is 0.110. The Balaban J connectivity index is 2.12. The van der Waals surface area contributed by atoms with Crippen molar-refractivity contribution >= 4 is 29.5 Å². The number of amides is 3. The smallest absolute Gasteiger partial charge is 0.339 e. The monoisotopic (exact) mass is 398 g/mol. The molecule has 0 radical (unpaired) electrons. The summed E-state index contributed by atoms with van der Waals surface area (Å²) in [7, 11) is 1.43. The molecule has 1 aliphatic heterocycles. The molecule has 0 saturated carbocycles. The zero-order valence-electron chi connectivity index (χ0n) is 15.7. The average molecular weight is 399 g/mol. The van der Waals surface area contributed by atoms with E-state index in [4.69, 9.17) is 25.8 Å². The molecular weight excluding hydrogens is 376 g/mol. The third-order valence-corrected chi connectivity index (χ3v) is 4.06. The van der Waals surface area contributed by atoms with Crippen molar-refractivity contribution < 1.29 is 28.6 Å². The lowest BCUT2D eigenvalue weighted by molar-refractivity contribution is -0.136. The van der Waals surface area contributed by atoms with Crippen molar-refractivity contribution in [3.63, 3.8) is 0 Å². The number of hydrogen-bond acceptors (Lipinski definition) is 6. The van der Waals surface area contributed by atoms with E-state index in [1.54, 1.807) is 0 Å². The highest BCUT2D eigenvalue weighted by atomic mass is 35.5. The number of carbonyl (C=O) groups is 3. The Kier molecular flexibility index (Phi) is 6.90. The van der Waals surface area contributed by atoms with Crippen LogP contribution < -0.4 is 14.8 Å². The van der Waals surface area contributed by atoms with Gasteiger partial charge in [0.15, 0.2) is 17.6 Å². The number of rotatable bonds is 7. The molecule has 8 nitrogen and oxygen atoms in total. The Morgan fingerprint density at radius 2 is 2.00 bits per heavy atom. The number of imide groups is 1. The first-order valence-electron chi connectivity index (χ1n) is 8.55. The van der Waals surface area contributed by atoms with Crippen molar-refractivity contribution in [2.24, 2.45) is 5.92 Å². The normalized spacial score (nSPS) is 14.7. The Morgan fingerprint density at radius 3 is 2.56 bits per heavy atom. The van der Waals surface area contributed by atoms with Crippen LogP contribution in [0.2, 0.25) is 5.02 Å². The van der Waals surface area contributed by atoms with Gasteiger partial charge in [0.1, 0.15) is 0 Å². The van der Waals surface area contributed by atoms with Crippen molar-refractivity contribution in [1.29, 1.82) is 0 Å². The van der Waals surface area contributed by atoms with E-state index in [0.29, 0.717) is 18.9 Å². The summed E-state index contributed by atoms with van der Waals surface area (Å²) in [5.74, 6) is -0.445. The maximum atomic E-state index is 12.4. The topological polar surface area (TPSA) is 94.2 Å². The summed E-state index contributed by atoms with van der Waals surface area (Å²) in [5, 5.41) is 2.71. The molecule has 1 aliphatic rings. The highest BCUT2D eigenvalue weighted by Gasteiger charge is 2.32. The van der Waals surface area contributed by atoms with E-state index in [-0.39, 0.29) is 28.8 Å². The third-order valence-electron chi connectivity index (χ3n) is 3.78. The lowest BCUT2D eigenvalue weighted by atomic mass is 10.2. The number of carbonyl (C=O) groups excluding carboxylic acids is 3. The van der Waals surface area contributed by atoms with Gasteiger partial charge < -0.3 is 19.5 Å². The van der Waals surface area contributed by atoms with Crippen molar-refractivity contribution in [3.8, 4) is 11.5 Å². The van der Waals surface area contributed by atoms with E-state index in [1.807, 2.05) is 13.8 Å². The second-order valence-electron chi connectivity index (χ2n) is 6.46. The van der Waals surface area contributed by atoms with Gasteiger partial charge in [-0.1, -0.05) is 25.4 Å². The summed E-state index contributed by atoms with van der Waals surface area (Å²) in [6, 6.07) is 2.32. The van der Waals surface area contributed by atoms with Crippen molar-refractivity contribution in [3.05, 3.63) is 22.7 Å². The molecule has 1 aromatic carbocycles. The van der Waals surface area contributed by atoms with Crippen molar-refractivity contribution in [2.45, 2.75) is 26.9 Å². The van der Waals surface area contributed by atoms with Crippen LogP contribution in [0.5, 0.6) is 11.5 Å². The second-order valence-corrected chi connectivity index (χ2v) is 6.87. The van der Waals surface area contributed by atoms with Crippen LogP contribution in [-0.2, 0) is 9.53 Å². The number of esters is 1. The number of halogens is 1. The van der Waals surface area contributed by atoms with Crippen LogP contribution in [0.3, 0.4) is 0 Å². The molecule has 0 spiro atoms. The van der Waals surface area contributed by atoms with Gasteiger partial charge in [-0.05, 0) is 25.0 Å².